The Balaban J connectivity index is 1.47. The molecule has 1 saturated heterocycles. The number of amides is 1. The lowest BCUT2D eigenvalue weighted by atomic mass is 10.1. The van der Waals surface area contributed by atoms with Gasteiger partial charge in [-0.3, -0.25) is 4.79 Å². The lowest BCUT2D eigenvalue weighted by molar-refractivity contribution is -0.131. The molecule has 0 unspecified atom stereocenters. The smallest absolute Gasteiger partial charge is 0.223 e. The van der Waals surface area contributed by atoms with E-state index in [1.54, 1.807) is 11.8 Å². The molecule has 4 heteroatoms. The van der Waals surface area contributed by atoms with Crippen LogP contribution in [0.15, 0.2) is 53.4 Å². The minimum Gasteiger partial charge on any atom is -0.368 e. The fraction of sp³-hybridized carbons (Fsp3) is 0.381. The summed E-state index contributed by atoms with van der Waals surface area (Å²) in [6.07, 6.45) is 0.614. The molecule has 3 nitrogen and oxygen atoms in total. The van der Waals surface area contributed by atoms with Crippen LogP contribution in [0.4, 0.5) is 5.69 Å². The second kappa shape index (κ2) is 8.43. The zero-order chi connectivity index (χ0) is 17.6. The summed E-state index contributed by atoms with van der Waals surface area (Å²) in [6, 6.07) is 16.8. The molecule has 1 aliphatic heterocycles. The van der Waals surface area contributed by atoms with E-state index < -0.39 is 0 Å². The summed E-state index contributed by atoms with van der Waals surface area (Å²) in [5, 5.41) is 0. The highest BCUT2D eigenvalue weighted by Gasteiger charge is 2.22. The molecule has 25 heavy (non-hydrogen) atoms. The zero-order valence-electron chi connectivity index (χ0n) is 15.1. The van der Waals surface area contributed by atoms with Gasteiger partial charge in [0.1, 0.15) is 0 Å². The zero-order valence-corrected chi connectivity index (χ0v) is 15.9. The fourth-order valence-corrected chi connectivity index (χ4v) is 4.07. The SMILES string of the molecule is Cc1cccc(N2CCN(C(=O)CCSc3ccccc3)CC2)c1C. The van der Waals surface area contributed by atoms with Crippen LogP contribution in [0.1, 0.15) is 17.5 Å². The lowest BCUT2D eigenvalue weighted by Crippen LogP contribution is -2.49. The summed E-state index contributed by atoms with van der Waals surface area (Å²) >= 11 is 1.76. The van der Waals surface area contributed by atoms with Gasteiger partial charge in [0.2, 0.25) is 5.91 Å². The van der Waals surface area contributed by atoms with Gasteiger partial charge in [-0.15, -0.1) is 11.8 Å². The van der Waals surface area contributed by atoms with Gasteiger partial charge >= 0.3 is 0 Å². The fourth-order valence-electron chi connectivity index (χ4n) is 3.21. The maximum Gasteiger partial charge on any atom is 0.223 e. The molecule has 0 radical (unpaired) electrons. The number of benzene rings is 2. The van der Waals surface area contributed by atoms with Crippen molar-refractivity contribution < 1.29 is 4.79 Å². The number of thioether (sulfide) groups is 1. The number of piperazine rings is 1. The third kappa shape index (κ3) is 4.57. The molecule has 2 aromatic rings. The molecule has 3 rings (SSSR count). The van der Waals surface area contributed by atoms with Gasteiger partial charge in [-0.05, 0) is 43.2 Å². The molecule has 0 aromatic heterocycles. The van der Waals surface area contributed by atoms with Gasteiger partial charge in [0.15, 0.2) is 0 Å². The second-order valence-electron chi connectivity index (χ2n) is 6.50. The standard InChI is InChI=1S/C21H26N2OS/c1-17-7-6-10-20(18(17)2)22-12-14-23(15-13-22)21(24)11-16-25-19-8-4-3-5-9-19/h3-10H,11-16H2,1-2H3. The molecule has 1 fully saturated rings. The molecular formula is C21H26N2OS. The van der Waals surface area contributed by atoms with Crippen molar-refractivity contribution in [3.05, 3.63) is 59.7 Å². The van der Waals surface area contributed by atoms with Crippen LogP contribution in [0.25, 0.3) is 0 Å². The predicted molar refractivity (Wildman–Crippen MR) is 106 cm³/mol. The first-order valence-corrected chi connectivity index (χ1v) is 9.90. The first kappa shape index (κ1) is 17.9. The van der Waals surface area contributed by atoms with Gasteiger partial charge in [0.25, 0.3) is 0 Å². The lowest BCUT2D eigenvalue weighted by Gasteiger charge is -2.37. The molecule has 1 amide bonds. The Bertz CT molecular complexity index is 709. The Morgan fingerprint density at radius 2 is 1.68 bits per heavy atom. The Hall–Kier alpha value is -1.94. The maximum atomic E-state index is 12.4. The molecule has 0 atom stereocenters. The Kier molecular flexibility index (Phi) is 6.03. The topological polar surface area (TPSA) is 23.6 Å². The summed E-state index contributed by atoms with van der Waals surface area (Å²) < 4.78 is 0. The average Bonchev–Trinajstić information content (AvgIpc) is 2.65. The first-order chi connectivity index (χ1) is 12.1. The van der Waals surface area contributed by atoms with Crippen molar-refractivity contribution in [2.24, 2.45) is 0 Å². The predicted octanol–water partition coefficient (Wildman–Crippen LogP) is 4.13. The molecule has 0 saturated carbocycles. The quantitative estimate of drug-likeness (QED) is 0.754. The van der Waals surface area contributed by atoms with Crippen LogP contribution in [0.3, 0.4) is 0 Å². The average molecular weight is 355 g/mol. The van der Waals surface area contributed by atoms with E-state index in [0.717, 1.165) is 31.9 Å². The summed E-state index contributed by atoms with van der Waals surface area (Å²) in [5.74, 6) is 1.13. The van der Waals surface area contributed by atoms with Gasteiger partial charge < -0.3 is 9.80 Å². The van der Waals surface area contributed by atoms with E-state index >= 15 is 0 Å². The van der Waals surface area contributed by atoms with E-state index in [9.17, 15) is 4.79 Å². The van der Waals surface area contributed by atoms with Crippen molar-refractivity contribution >= 4 is 23.4 Å². The van der Waals surface area contributed by atoms with Gasteiger partial charge in [0, 0.05) is 48.9 Å². The van der Waals surface area contributed by atoms with Gasteiger partial charge in [-0.25, -0.2) is 0 Å². The second-order valence-corrected chi connectivity index (χ2v) is 7.67. The number of nitrogens with zero attached hydrogens (tertiary/aromatic N) is 2. The van der Waals surface area contributed by atoms with Crippen LogP contribution >= 0.6 is 11.8 Å². The van der Waals surface area contributed by atoms with Crippen LogP contribution in [0, 0.1) is 13.8 Å². The Labute approximate surface area is 155 Å². The normalized spacial score (nSPS) is 14.6. The van der Waals surface area contributed by atoms with Crippen molar-refractivity contribution in [1.82, 2.24) is 4.90 Å². The summed E-state index contributed by atoms with van der Waals surface area (Å²) in [5.41, 5.74) is 3.99. The number of hydrogen-bond acceptors (Lipinski definition) is 3. The molecular weight excluding hydrogens is 328 g/mol. The summed E-state index contributed by atoms with van der Waals surface area (Å²) in [6.45, 7) is 7.82. The highest BCUT2D eigenvalue weighted by atomic mass is 32.2. The van der Waals surface area contributed by atoms with Gasteiger partial charge in [-0.1, -0.05) is 30.3 Å². The summed E-state index contributed by atoms with van der Waals surface area (Å²) in [7, 11) is 0. The van der Waals surface area contributed by atoms with Gasteiger partial charge in [-0.2, -0.15) is 0 Å². The van der Waals surface area contributed by atoms with E-state index in [1.165, 1.54) is 21.7 Å². The Morgan fingerprint density at radius 3 is 2.40 bits per heavy atom. The number of anilines is 1. The van der Waals surface area contributed by atoms with E-state index in [1.807, 2.05) is 23.1 Å². The number of carbonyl (C=O) groups is 1. The highest BCUT2D eigenvalue weighted by Crippen LogP contribution is 2.24. The minimum atomic E-state index is 0.282. The van der Waals surface area contributed by atoms with Crippen molar-refractivity contribution in [3.63, 3.8) is 0 Å². The van der Waals surface area contributed by atoms with E-state index in [4.69, 9.17) is 0 Å². The molecule has 132 valence electrons. The van der Waals surface area contributed by atoms with Crippen LogP contribution in [-0.2, 0) is 4.79 Å². The molecule has 1 aliphatic rings. The van der Waals surface area contributed by atoms with Crippen LogP contribution in [0.2, 0.25) is 0 Å². The number of carbonyl (C=O) groups excluding carboxylic acids is 1. The monoisotopic (exact) mass is 354 g/mol. The number of hydrogen-bond donors (Lipinski definition) is 0. The third-order valence-corrected chi connectivity index (χ3v) is 5.89. The van der Waals surface area contributed by atoms with Crippen molar-refractivity contribution in [3.8, 4) is 0 Å². The van der Waals surface area contributed by atoms with Crippen LogP contribution < -0.4 is 4.90 Å². The summed E-state index contributed by atoms with van der Waals surface area (Å²) in [4.78, 5) is 18.1. The van der Waals surface area contributed by atoms with E-state index in [2.05, 4.69) is 49.1 Å². The maximum absolute atomic E-state index is 12.4. The van der Waals surface area contributed by atoms with Crippen LogP contribution in [-0.4, -0.2) is 42.7 Å². The number of aryl methyl sites for hydroxylation is 1. The third-order valence-electron chi connectivity index (χ3n) is 4.88. The van der Waals surface area contributed by atoms with Crippen molar-refractivity contribution in [2.75, 3.05) is 36.8 Å². The molecule has 0 aliphatic carbocycles. The molecule has 1 heterocycles. The molecule has 2 aromatic carbocycles. The largest absolute Gasteiger partial charge is 0.368 e. The number of rotatable bonds is 5. The Morgan fingerprint density at radius 1 is 0.960 bits per heavy atom. The minimum absolute atomic E-state index is 0.282. The molecule has 0 spiro atoms. The van der Waals surface area contributed by atoms with Crippen LogP contribution in [0.5, 0.6) is 0 Å². The van der Waals surface area contributed by atoms with E-state index in [0.29, 0.717) is 6.42 Å². The molecule has 0 bridgehead atoms. The van der Waals surface area contributed by atoms with Crippen molar-refractivity contribution in [1.29, 1.82) is 0 Å². The molecule has 0 N–H and O–H groups in total. The van der Waals surface area contributed by atoms with E-state index in [-0.39, 0.29) is 5.91 Å². The highest BCUT2D eigenvalue weighted by molar-refractivity contribution is 7.99. The van der Waals surface area contributed by atoms with Gasteiger partial charge in [0.05, 0.1) is 0 Å². The first-order valence-electron chi connectivity index (χ1n) is 8.92. The van der Waals surface area contributed by atoms with Crippen molar-refractivity contribution in [2.45, 2.75) is 25.2 Å².